The van der Waals surface area contributed by atoms with Crippen LogP contribution in [0.15, 0.2) is 24.3 Å². The molecule has 2 amide bonds. The molecule has 1 aromatic carbocycles. The van der Waals surface area contributed by atoms with Crippen LogP contribution in [-0.2, 0) is 22.3 Å². The highest BCUT2D eigenvalue weighted by Gasteiger charge is 2.57. The number of hydrogen-bond acceptors (Lipinski definition) is 3. The Morgan fingerprint density at radius 2 is 1.65 bits per heavy atom. The molecule has 1 aromatic rings. The normalized spacial score (nSPS) is 26.5. The van der Waals surface area contributed by atoms with Crippen molar-refractivity contribution in [3.63, 3.8) is 0 Å². The van der Waals surface area contributed by atoms with E-state index >= 15 is 0 Å². The Hall–Kier alpha value is -2.23. The molecule has 5 nitrogen and oxygen atoms in total. The van der Waals surface area contributed by atoms with Crippen molar-refractivity contribution in [3.05, 3.63) is 35.4 Å². The number of halogens is 5. The van der Waals surface area contributed by atoms with Gasteiger partial charge in [-0.1, -0.05) is 12.1 Å². The molecule has 3 aliphatic rings. The zero-order valence-corrected chi connectivity index (χ0v) is 16.8. The molecule has 0 atom stereocenters. The second-order valence-corrected chi connectivity index (χ2v) is 8.65. The summed E-state index contributed by atoms with van der Waals surface area (Å²) in [6.45, 7) is 0.434. The first kappa shape index (κ1) is 22.0. The minimum Gasteiger partial charge on any atom is -0.328 e. The molecule has 2 saturated heterocycles. The molecule has 4 rings (SSSR count). The molecule has 0 bridgehead atoms. The van der Waals surface area contributed by atoms with Crippen molar-refractivity contribution >= 4 is 11.8 Å². The van der Waals surface area contributed by atoms with Crippen molar-refractivity contribution in [1.82, 2.24) is 15.1 Å². The fraction of sp³-hybridized carbons (Fsp3) is 0.619. The zero-order chi connectivity index (χ0) is 22.4. The van der Waals surface area contributed by atoms with Crippen LogP contribution in [0.1, 0.15) is 36.8 Å². The lowest BCUT2D eigenvalue weighted by Gasteiger charge is -2.56. The summed E-state index contributed by atoms with van der Waals surface area (Å²) < 4.78 is 64.3. The van der Waals surface area contributed by atoms with Gasteiger partial charge in [-0.05, 0) is 43.4 Å². The number of benzene rings is 1. The molecule has 170 valence electrons. The molecule has 0 unspecified atom stereocenters. The second kappa shape index (κ2) is 8.03. The van der Waals surface area contributed by atoms with Crippen LogP contribution in [0.3, 0.4) is 0 Å². The van der Waals surface area contributed by atoms with Gasteiger partial charge in [-0.2, -0.15) is 13.2 Å². The molecule has 2 aliphatic heterocycles. The van der Waals surface area contributed by atoms with Gasteiger partial charge in [0, 0.05) is 31.6 Å². The number of amides is 2. The Balaban J connectivity index is 1.49. The van der Waals surface area contributed by atoms with Gasteiger partial charge < -0.3 is 15.1 Å². The Kier molecular flexibility index (Phi) is 5.70. The molecule has 1 aliphatic carbocycles. The standard InChI is InChI=1S/C21H24F5N3O2/c22-18(23)14-3-7-16(8-4-14)28-10-17(30)29(20(19(28)31)11-27-12-20)9-13-1-5-15(6-2-13)21(24,25)26/h1-2,5-6,14,16,18,27H,3-4,7-12H2. The van der Waals surface area contributed by atoms with Gasteiger partial charge in [0.1, 0.15) is 12.1 Å². The number of carbonyl (C=O) groups excluding carboxylic acids is 2. The van der Waals surface area contributed by atoms with E-state index in [4.69, 9.17) is 0 Å². The van der Waals surface area contributed by atoms with E-state index in [9.17, 15) is 31.5 Å². The summed E-state index contributed by atoms with van der Waals surface area (Å²) in [5.74, 6) is -1.16. The van der Waals surface area contributed by atoms with Crippen LogP contribution in [0, 0.1) is 5.92 Å². The minimum absolute atomic E-state index is 0.0380. The largest absolute Gasteiger partial charge is 0.416 e. The SMILES string of the molecule is O=C1CN(C2CCC(C(F)F)CC2)C(=O)C2(CNC2)N1Cc1ccc(C(F)(F)F)cc1. The Morgan fingerprint density at radius 1 is 1.03 bits per heavy atom. The molecule has 1 saturated carbocycles. The van der Waals surface area contributed by atoms with E-state index < -0.39 is 29.6 Å². The summed E-state index contributed by atoms with van der Waals surface area (Å²) in [6, 6.07) is 4.32. The van der Waals surface area contributed by atoms with Crippen LogP contribution in [0.2, 0.25) is 0 Å². The van der Waals surface area contributed by atoms with Crippen LogP contribution >= 0.6 is 0 Å². The van der Waals surface area contributed by atoms with Crippen molar-refractivity contribution in [2.24, 2.45) is 5.92 Å². The molecule has 31 heavy (non-hydrogen) atoms. The van der Waals surface area contributed by atoms with Gasteiger partial charge >= 0.3 is 6.18 Å². The Bertz CT molecular complexity index is 830. The van der Waals surface area contributed by atoms with Crippen LogP contribution in [-0.4, -0.2) is 59.3 Å². The van der Waals surface area contributed by atoms with Crippen molar-refractivity contribution in [2.45, 2.75) is 56.4 Å². The van der Waals surface area contributed by atoms with Gasteiger partial charge in [0.2, 0.25) is 12.3 Å². The van der Waals surface area contributed by atoms with E-state index in [0.29, 0.717) is 31.2 Å². The average Bonchev–Trinajstić information content (AvgIpc) is 2.69. The molecule has 3 fully saturated rings. The number of rotatable bonds is 4. The van der Waals surface area contributed by atoms with Crippen molar-refractivity contribution < 1.29 is 31.5 Å². The lowest BCUT2D eigenvalue weighted by molar-refractivity contribution is -0.173. The maximum Gasteiger partial charge on any atom is 0.416 e. The fourth-order valence-electron chi connectivity index (χ4n) is 4.81. The molecule has 2 heterocycles. The monoisotopic (exact) mass is 445 g/mol. The summed E-state index contributed by atoms with van der Waals surface area (Å²) >= 11 is 0. The Labute approximate surface area is 176 Å². The van der Waals surface area contributed by atoms with Crippen molar-refractivity contribution in [3.8, 4) is 0 Å². The quantitative estimate of drug-likeness (QED) is 0.725. The second-order valence-electron chi connectivity index (χ2n) is 8.65. The van der Waals surface area contributed by atoms with Crippen molar-refractivity contribution in [2.75, 3.05) is 19.6 Å². The zero-order valence-electron chi connectivity index (χ0n) is 16.8. The van der Waals surface area contributed by atoms with Gasteiger partial charge in [-0.15, -0.1) is 0 Å². The molecule has 1 N–H and O–H groups in total. The van der Waals surface area contributed by atoms with Crippen LogP contribution in [0.4, 0.5) is 22.0 Å². The maximum absolute atomic E-state index is 13.4. The van der Waals surface area contributed by atoms with Gasteiger partial charge in [-0.25, -0.2) is 8.78 Å². The van der Waals surface area contributed by atoms with E-state index in [0.717, 1.165) is 12.1 Å². The third-order valence-electron chi connectivity index (χ3n) is 6.78. The van der Waals surface area contributed by atoms with E-state index in [1.807, 2.05) is 0 Å². The topological polar surface area (TPSA) is 52.7 Å². The first-order valence-corrected chi connectivity index (χ1v) is 10.4. The summed E-state index contributed by atoms with van der Waals surface area (Å²) in [4.78, 5) is 29.4. The lowest BCUT2D eigenvalue weighted by Crippen LogP contribution is -2.80. The number of alkyl halides is 5. The van der Waals surface area contributed by atoms with E-state index in [-0.39, 0.29) is 44.0 Å². The van der Waals surface area contributed by atoms with E-state index in [2.05, 4.69) is 5.32 Å². The van der Waals surface area contributed by atoms with Crippen molar-refractivity contribution in [1.29, 1.82) is 0 Å². The number of carbonyl (C=O) groups is 2. The van der Waals surface area contributed by atoms with E-state index in [1.165, 1.54) is 21.9 Å². The van der Waals surface area contributed by atoms with Gasteiger partial charge in [0.25, 0.3) is 5.91 Å². The molecule has 1 spiro atoms. The number of nitrogens with one attached hydrogen (secondary N) is 1. The fourth-order valence-corrected chi connectivity index (χ4v) is 4.81. The summed E-state index contributed by atoms with van der Waals surface area (Å²) in [5, 5.41) is 3.02. The third-order valence-corrected chi connectivity index (χ3v) is 6.78. The van der Waals surface area contributed by atoms with Crippen LogP contribution in [0.25, 0.3) is 0 Å². The molecular formula is C21H24F5N3O2. The highest BCUT2D eigenvalue weighted by atomic mass is 19.4. The summed E-state index contributed by atoms with van der Waals surface area (Å²) in [7, 11) is 0. The molecular weight excluding hydrogens is 421 g/mol. The number of piperazine rings is 1. The smallest absolute Gasteiger partial charge is 0.328 e. The van der Waals surface area contributed by atoms with E-state index in [1.54, 1.807) is 0 Å². The maximum atomic E-state index is 13.4. The third kappa shape index (κ3) is 4.02. The number of nitrogens with zero attached hydrogens (tertiary/aromatic N) is 2. The summed E-state index contributed by atoms with van der Waals surface area (Å²) in [5.41, 5.74) is -1.34. The highest BCUT2D eigenvalue weighted by Crippen LogP contribution is 2.37. The Morgan fingerprint density at radius 3 is 2.13 bits per heavy atom. The molecule has 0 aromatic heterocycles. The predicted octanol–water partition coefficient (Wildman–Crippen LogP) is 3.04. The summed E-state index contributed by atoms with van der Waals surface area (Å²) in [6.07, 6.45) is -5.30. The molecule has 0 radical (unpaired) electrons. The minimum atomic E-state index is -4.45. The van der Waals surface area contributed by atoms with Crippen LogP contribution < -0.4 is 5.32 Å². The average molecular weight is 445 g/mol. The first-order chi connectivity index (χ1) is 14.6. The van der Waals surface area contributed by atoms with Gasteiger partial charge in [0.15, 0.2) is 0 Å². The first-order valence-electron chi connectivity index (χ1n) is 10.4. The van der Waals surface area contributed by atoms with Crippen LogP contribution in [0.5, 0.6) is 0 Å². The predicted molar refractivity (Wildman–Crippen MR) is 101 cm³/mol. The van der Waals surface area contributed by atoms with Gasteiger partial charge in [-0.3, -0.25) is 9.59 Å². The highest BCUT2D eigenvalue weighted by molar-refractivity contribution is 5.99. The molecule has 10 heteroatoms. The van der Waals surface area contributed by atoms with Gasteiger partial charge in [0.05, 0.1) is 5.56 Å². The number of hydrogen-bond donors (Lipinski definition) is 1. The lowest BCUT2D eigenvalue weighted by atomic mass is 9.81.